The van der Waals surface area contributed by atoms with E-state index in [0.29, 0.717) is 16.7 Å². The lowest BCUT2D eigenvalue weighted by Crippen LogP contribution is -2.41. The molecular weight excluding hydrogens is 240 g/mol. The number of carbonyl (C=O) groups excluding carboxylic acids is 1. The summed E-state index contributed by atoms with van der Waals surface area (Å²) in [6, 6.07) is 1.93. The first kappa shape index (κ1) is 13.8. The van der Waals surface area contributed by atoms with Gasteiger partial charge in [0.2, 0.25) is 0 Å². The van der Waals surface area contributed by atoms with Gasteiger partial charge >= 0.3 is 0 Å². The molecule has 0 bridgehead atoms. The smallest absolute Gasteiger partial charge is 0.255 e. The summed E-state index contributed by atoms with van der Waals surface area (Å²) in [4.78, 5) is 16.2. The minimum Gasteiger partial charge on any atom is -0.349 e. The maximum Gasteiger partial charge on any atom is 0.255 e. The summed E-state index contributed by atoms with van der Waals surface area (Å²) in [5, 5.41) is 3.09. The molecule has 1 amide bonds. The summed E-state index contributed by atoms with van der Waals surface area (Å²) >= 11 is 0. The van der Waals surface area contributed by atoms with Crippen LogP contribution in [0.15, 0.2) is 18.5 Å². The summed E-state index contributed by atoms with van der Waals surface area (Å²) in [5.41, 5.74) is 3.93. The third-order valence-electron chi connectivity index (χ3n) is 3.76. The number of nitrogens with zero attached hydrogens (tertiary/aromatic N) is 1. The highest BCUT2D eigenvalue weighted by Gasteiger charge is 2.29. The molecular formula is C14H22N4O. The van der Waals surface area contributed by atoms with Gasteiger partial charge in [-0.2, -0.15) is 0 Å². The molecule has 1 unspecified atom stereocenters. The highest BCUT2D eigenvalue weighted by molar-refractivity contribution is 5.99. The number of amides is 1. The number of rotatable bonds is 3. The Hall–Kier alpha value is -1.62. The Labute approximate surface area is 114 Å². The van der Waals surface area contributed by atoms with E-state index >= 15 is 0 Å². The summed E-state index contributed by atoms with van der Waals surface area (Å²) in [6.45, 7) is 4.50. The van der Waals surface area contributed by atoms with Gasteiger partial charge in [-0.15, -0.1) is 0 Å². The second-order valence-corrected chi connectivity index (χ2v) is 6.00. The van der Waals surface area contributed by atoms with Crippen molar-refractivity contribution in [2.75, 3.05) is 5.43 Å². The number of hydrogen-bond donors (Lipinski definition) is 3. The molecule has 0 aromatic carbocycles. The number of aromatic nitrogens is 1. The summed E-state index contributed by atoms with van der Waals surface area (Å²) in [6.07, 6.45) is 7.59. The van der Waals surface area contributed by atoms with Crippen LogP contribution < -0.4 is 16.6 Å². The van der Waals surface area contributed by atoms with Gasteiger partial charge in [-0.1, -0.05) is 20.3 Å². The third kappa shape index (κ3) is 3.44. The molecule has 0 saturated heterocycles. The van der Waals surface area contributed by atoms with Crippen LogP contribution in [0.3, 0.4) is 0 Å². The molecule has 1 heterocycles. The standard InChI is InChI=1S/C14H22N4O/c1-14(2)6-3-4-10(8-14)17-13(19)11-9-16-7-5-12(11)18-15/h5,7,9-10H,3-4,6,8,15H2,1-2H3,(H,16,18)(H,17,19). The van der Waals surface area contributed by atoms with Gasteiger partial charge in [-0.3, -0.25) is 15.6 Å². The van der Waals surface area contributed by atoms with Crippen molar-refractivity contribution in [3.63, 3.8) is 0 Å². The summed E-state index contributed by atoms with van der Waals surface area (Å²) < 4.78 is 0. The van der Waals surface area contributed by atoms with Crippen molar-refractivity contribution in [1.82, 2.24) is 10.3 Å². The maximum atomic E-state index is 12.3. The zero-order chi connectivity index (χ0) is 13.9. The number of anilines is 1. The average Bonchev–Trinajstić information content (AvgIpc) is 2.37. The topological polar surface area (TPSA) is 80.0 Å². The van der Waals surface area contributed by atoms with Crippen molar-refractivity contribution in [1.29, 1.82) is 0 Å². The van der Waals surface area contributed by atoms with Crippen molar-refractivity contribution >= 4 is 11.6 Å². The number of nitrogens with one attached hydrogen (secondary N) is 2. The Morgan fingerprint density at radius 2 is 2.32 bits per heavy atom. The van der Waals surface area contributed by atoms with Crippen LogP contribution in [-0.4, -0.2) is 16.9 Å². The fourth-order valence-corrected chi connectivity index (χ4v) is 2.79. The number of hydrazine groups is 1. The Balaban J connectivity index is 2.05. The van der Waals surface area contributed by atoms with Crippen molar-refractivity contribution < 1.29 is 4.79 Å². The molecule has 19 heavy (non-hydrogen) atoms. The van der Waals surface area contributed by atoms with Crippen LogP contribution in [0.2, 0.25) is 0 Å². The summed E-state index contributed by atoms with van der Waals surface area (Å²) in [7, 11) is 0. The molecule has 0 spiro atoms. The number of nitrogen functional groups attached to an aromatic ring is 1. The van der Waals surface area contributed by atoms with Gasteiger partial charge in [0.25, 0.3) is 5.91 Å². The first-order valence-corrected chi connectivity index (χ1v) is 6.73. The first-order chi connectivity index (χ1) is 9.02. The summed E-state index contributed by atoms with van der Waals surface area (Å²) in [5.74, 6) is 5.30. The number of nitrogens with two attached hydrogens (primary N) is 1. The molecule has 0 aliphatic heterocycles. The van der Waals surface area contributed by atoms with E-state index in [1.165, 1.54) is 6.42 Å². The van der Waals surface area contributed by atoms with E-state index in [1.807, 2.05) is 0 Å². The van der Waals surface area contributed by atoms with Gasteiger partial charge in [0.15, 0.2) is 0 Å². The van der Waals surface area contributed by atoms with Gasteiger partial charge in [0.1, 0.15) is 0 Å². The van der Waals surface area contributed by atoms with Crippen LogP contribution in [-0.2, 0) is 0 Å². The molecule has 1 saturated carbocycles. The SMILES string of the molecule is CC1(C)CCCC(NC(=O)c2cnccc2NN)C1. The van der Waals surface area contributed by atoms with Gasteiger partial charge in [-0.05, 0) is 30.7 Å². The first-order valence-electron chi connectivity index (χ1n) is 6.73. The largest absolute Gasteiger partial charge is 0.349 e. The Morgan fingerprint density at radius 3 is 3.00 bits per heavy atom. The molecule has 0 radical (unpaired) electrons. The minimum atomic E-state index is -0.108. The van der Waals surface area contributed by atoms with Gasteiger partial charge in [-0.25, -0.2) is 0 Å². The van der Waals surface area contributed by atoms with Crippen LogP contribution >= 0.6 is 0 Å². The minimum absolute atomic E-state index is 0.108. The zero-order valence-corrected chi connectivity index (χ0v) is 11.6. The predicted octanol–water partition coefficient (Wildman–Crippen LogP) is 2.07. The molecule has 1 atom stereocenters. The molecule has 1 aliphatic rings. The fourth-order valence-electron chi connectivity index (χ4n) is 2.79. The van der Waals surface area contributed by atoms with Gasteiger partial charge in [0, 0.05) is 18.4 Å². The molecule has 104 valence electrons. The Bertz CT molecular complexity index is 459. The van der Waals surface area contributed by atoms with E-state index in [1.54, 1.807) is 18.5 Å². The second kappa shape index (κ2) is 5.57. The molecule has 2 rings (SSSR count). The van der Waals surface area contributed by atoms with Crippen LogP contribution in [0.5, 0.6) is 0 Å². The lowest BCUT2D eigenvalue weighted by atomic mass is 9.75. The Morgan fingerprint density at radius 1 is 1.53 bits per heavy atom. The predicted molar refractivity (Wildman–Crippen MR) is 75.6 cm³/mol. The number of pyridine rings is 1. The van der Waals surface area contributed by atoms with Crippen LogP contribution in [0.25, 0.3) is 0 Å². The van der Waals surface area contributed by atoms with Crippen molar-refractivity contribution in [3.05, 3.63) is 24.0 Å². The fraction of sp³-hybridized carbons (Fsp3) is 0.571. The van der Waals surface area contributed by atoms with E-state index in [2.05, 4.69) is 29.6 Å². The van der Waals surface area contributed by atoms with Crippen LogP contribution in [0, 0.1) is 5.41 Å². The van der Waals surface area contributed by atoms with Crippen LogP contribution in [0.4, 0.5) is 5.69 Å². The quantitative estimate of drug-likeness (QED) is 0.575. The van der Waals surface area contributed by atoms with Gasteiger partial charge in [0.05, 0.1) is 11.3 Å². The molecule has 1 aliphatic carbocycles. The monoisotopic (exact) mass is 262 g/mol. The second-order valence-electron chi connectivity index (χ2n) is 6.00. The average molecular weight is 262 g/mol. The molecule has 4 N–H and O–H groups in total. The number of hydrogen-bond acceptors (Lipinski definition) is 4. The lowest BCUT2D eigenvalue weighted by molar-refractivity contribution is 0.0903. The molecule has 1 aromatic heterocycles. The van der Waals surface area contributed by atoms with E-state index < -0.39 is 0 Å². The molecule has 5 heteroatoms. The van der Waals surface area contributed by atoms with Crippen LogP contribution in [0.1, 0.15) is 49.9 Å². The molecule has 5 nitrogen and oxygen atoms in total. The normalized spacial score (nSPS) is 21.7. The number of carbonyl (C=O) groups is 1. The third-order valence-corrected chi connectivity index (χ3v) is 3.76. The lowest BCUT2D eigenvalue weighted by Gasteiger charge is -2.35. The van der Waals surface area contributed by atoms with E-state index in [4.69, 9.17) is 5.84 Å². The molecule has 1 fully saturated rings. The highest BCUT2D eigenvalue weighted by Crippen LogP contribution is 2.35. The van der Waals surface area contributed by atoms with E-state index in [-0.39, 0.29) is 11.9 Å². The van der Waals surface area contributed by atoms with E-state index in [0.717, 1.165) is 19.3 Å². The van der Waals surface area contributed by atoms with E-state index in [9.17, 15) is 4.79 Å². The van der Waals surface area contributed by atoms with Gasteiger partial charge < -0.3 is 10.7 Å². The maximum absolute atomic E-state index is 12.3. The van der Waals surface area contributed by atoms with Crippen molar-refractivity contribution in [2.24, 2.45) is 11.3 Å². The van der Waals surface area contributed by atoms with Crippen molar-refractivity contribution in [2.45, 2.75) is 45.6 Å². The molecule has 1 aromatic rings. The Kier molecular flexibility index (Phi) is 4.04. The highest BCUT2D eigenvalue weighted by atomic mass is 16.1. The van der Waals surface area contributed by atoms with Crippen molar-refractivity contribution in [3.8, 4) is 0 Å². The zero-order valence-electron chi connectivity index (χ0n) is 11.6.